The minimum Gasteiger partial charge on any atom is -0.462 e. The number of carbonyl (C=O) groups excluding carboxylic acids is 2. The summed E-state index contributed by atoms with van der Waals surface area (Å²) in [4.78, 5) is 42.2. The van der Waals surface area contributed by atoms with Crippen LogP contribution in [0.3, 0.4) is 0 Å². The zero-order valence-corrected chi connectivity index (χ0v) is 17.0. The van der Waals surface area contributed by atoms with Gasteiger partial charge in [-0.05, 0) is 44.0 Å². The fourth-order valence-corrected chi connectivity index (χ4v) is 3.97. The molecule has 2 aromatic heterocycles. The van der Waals surface area contributed by atoms with E-state index in [1.54, 1.807) is 32.9 Å². The van der Waals surface area contributed by atoms with Gasteiger partial charge in [-0.15, -0.1) is 11.3 Å². The molecular formula is C20H20FN3O4S. The van der Waals surface area contributed by atoms with Crippen molar-refractivity contribution < 1.29 is 18.7 Å². The highest BCUT2D eigenvalue weighted by Gasteiger charge is 2.21. The van der Waals surface area contributed by atoms with Crippen molar-refractivity contribution in [2.24, 2.45) is 0 Å². The molecule has 1 amide bonds. The van der Waals surface area contributed by atoms with Gasteiger partial charge in [-0.1, -0.05) is 12.1 Å². The molecule has 0 unspecified atom stereocenters. The van der Waals surface area contributed by atoms with E-state index in [9.17, 15) is 18.8 Å². The summed E-state index contributed by atoms with van der Waals surface area (Å²) in [7, 11) is 0. The molecule has 1 N–H and O–H groups in total. The second-order valence-electron chi connectivity index (χ2n) is 6.48. The molecule has 0 spiro atoms. The standard InChI is InChI=1S/C20H20FN3O4S/c1-4-28-20(27)17-11(2)16-18(29-17)22-10-24(19(16)26)9-15(25)23-12(3)13-5-7-14(21)8-6-13/h5-8,10,12H,4,9H2,1-3H3,(H,23,25)/t12-/m0/s1. The number of amides is 1. The van der Waals surface area contributed by atoms with Crippen LogP contribution in [0.15, 0.2) is 35.4 Å². The SMILES string of the molecule is CCOC(=O)c1sc2ncn(CC(=O)N[C@@H](C)c3ccc(F)cc3)c(=O)c2c1C. The number of fused-ring (bicyclic) bond motifs is 1. The zero-order valence-electron chi connectivity index (χ0n) is 16.2. The smallest absolute Gasteiger partial charge is 0.348 e. The number of aromatic nitrogens is 2. The molecule has 0 bridgehead atoms. The second-order valence-corrected chi connectivity index (χ2v) is 7.47. The van der Waals surface area contributed by atoms with Crippen molar-refractivity contribution in [1.82, 2.24) is 14.9 Å². The van der Waals surface area contributed by atoms with E-state index in [1.165, 1.54) is 23.0 Å². The quantitative estimate of drug-likeness (QED) is 0.623. The second kappa shape index (κ2) is 8.52. The number of halogens is 1. The Morgan fingerprint density at radius 2 is 2.00 bits per heavy atom. The molecule has 0 aliphatic heterocycles. The summed E-state index contributed by atoms with van der Waals surface area (Å²) < 4.78 is 19.3. The lowest BCUT2D eigenvalue weighted by Crippen LogP contribution is -2.34. The number of ether oxygens (including phenoxy) is 1. The first-order chi connectivity index (χ1) is 13.8. The van der Waals surface area contributed by atoms with E-state index < -0.39 is 11.5 Å². The van der Waals surface area contributed by atoms with Crippen LogP contribution in [-0.2, 0) is 16.1 Å². The van der Waals surface area contributed by atoms with E-state index in [0.717, 1.165) is 16.9 Å². The summed E-state index contributed by atoms with van der Waals surface area (Å²) in [6.07, 6.45) is 1.29. The number of aryl methyl sites for hydroxylation is 1. The Morgan fingerprint density at radius 1 is 1.31 bits per heavy atom. The average Bonchev–Trinajstić information content (AvgIpc) is 3.02. The van der Waals surface area contributed by atoms with Crippen LogP contribution in [0, 0.1) is 12.7 Å². The number of nitrogens with zero attached hydrogens (tertiary/aromatic N) is 2. The first-order valence-corrected chi connectivity index (χ1v) is 9.84. The number of carbonyl (C=O) groups is 2. The normalized spacial score (nSPS) is 12.0. The highest BCUT2D eigenvalue weighted by molar-refractivity contribution is 7.20. The van der Waals surface area contributed by atoms with E-state index in [4.69, 9.17) is 4.74 Å². The maximum absolute atomic E-state index is 13.0. The van der Waals surface area contributed by atoms with E-state index in [-0.39, 0.29) is 30.9 Å². The third kappa shape index (κ3) is 4.34. The van der Waals surface area contributed by atoms with Crippen LogP contribution >= 0.6 is 11.3 Å². The Kier molecular flexibility index (Phi) is 6.07. The van der Waals surface area contributed by atoms with Gasteiger partial charge < -0.3 is 10.1 Å². The van der Waals surface area contributed by atoms with Crippen molar-refractivity contribution in [3.05, 3.63) is 62.8 Å². The first kappa shape index (κ1) is 20.7. The van der Waals surface area contributed by atoms with E-state index in [0.29, 0.717) is 20.7 Å². The Labute approximate surface area is 170 Å². The van der Waals surface area contributed by atoms with Gasteiger partial charge in [-0.3, -0.25) is 14.2 Å². The lowest BCUT2D eigenvalue weighted by Gasteiger charge is -2.15. The molecule has 0 fully saturated rings. The molecule has 0 radical (unpaired) electrons. The maximum Gasteiger partial charge on any atom is 0.348 e. The summed E-state index contributed by atoms with van der Waals surface area (Å²) in [6.45, 7) is 5.14. The first-order valence-electron chi connectivity index (χ1n) is 9.02. The molecule has 0 saturated carbocycles. The van der Waals surface area contributed by atoms with Crippen LogP contribution in [0.4, 0.5) is 4.39 Å². The monoisotopic (exact) mass is 417 g/mol. The van der Waals surface area contributed by atoms with Crippen molar-refractivity contribution >= 4 is 33.4 Å². The highest BCUT2D eigenvalue weighted by atomic mass is 32.1. The molecule has 0 aliphatic carbocycles. The summed E-state index contributed by atoms with van der Waals surface area (Å²) in [5, 5.41) is 3.08. The van der Waals surface area contributed by atoms with Gasteiger partial charge >= 0.3 is 5.97 Å². The lowest BCUT2D eigenvalue weighted by atomic mass is 10.1. The van der Waals surface area contributed by atoms with Gasteiger partial charge in [0, 0.05) is 0 Å². The van der Waals surface area contributed by atoms with Gasteiger partial charge in [0.2, 0.25) is 5.91 Å². The molecule has 1 atom stereocenters. The maximum atomic E-state index is 13.0. The third-order valence-corrected chi connectivity index (χ3v) is 5.62. The Bertz CT molecular complexity index is 1120. The van der Waals surface area contributed by atoms with Gasteiger partial charge in [0.25, 0.3) is 5.56 Å². The van der Waals surface area contributed by atoms with Crippen molar-refractivity contribution in [2.75, 3.05) is 6.61 Å². The number of rotatable bonds is 6. The molecule has 9 heteroatoms. The van der Waals surface area contributed by atoms with Gasteiger partial charge in [0.15, 0.2) is 0 Å². The third-order valence-electron chi connectivity index (χ3n) is 4.44. The highest BCUT2D eigenvalue weighted by Crippen LogP contribution is 2.27. The zero-order chi connectivity index (χ0) is 21.1. The number of thiophene rings is 1. The molecule has 1 aromatic carbocycles. The molecule has 2 heterocycles. The molecule has 29 heavy (non-hydrogen) atoms. The van der Waals surface area contributed by atoms with Crippen LogP contribution in [0.2, 0.25) is 0 Å². The minimum absolute atomic E-state index is 0.225. The van der Waals surface area contributed by atoms with Crippen molar-refractivity contribution in [1.29, 1.82) is 0 Å². The summed E-state index contributed by atoms with van der Waals surface area (Å²) in [5.74, 6) is -1.24. The van der Waals surface area contributed by atoms with Crippen molar-refractivity contribution in [3.63, 3.8) is 0 Å². The molecular weight excluding hydrogens is 397 g/mol. The van der Waals surface area contributed by atoms with E-state index in [1.807, 2.05) is 0 Å². The number of benzene rings is 1. The topological polar surface area (TPSA) is 90.3 Å². The Balaban J connectivity index is 1.81. The lowest BCUT2D eigenvalue weighted by molar-refractivity contribution is -0.122. The van der Waals surface area contributed by atoms with Crippen LogP contribution in [-0.4, -0.2) is 28.0 Å². The minimum atomic E-state index is -0.496. The van der Waals surface area contributed by atoms with Gasteiger partial charge in [-0.2, -0.15) is 0 Å². The molecule has 0 aliphatic rings. The molecule has 0 saturated heterocycles. The Morgan fingerprint density at radius 3 is 2.66 bits per heavy atom. The summed E-state index contributed by atoms with van der Waals surface area (Å²) in [5.41, 5.74) is 0.840. The van der Waals surface area contributed by atoms with Crippen LogP contribution in [0.25, 0.3) is 10.2 Å². The van der Waals surface area contributed by atoms with Crippen molar-refractivity contribution in [2.45, 2.75) is 33.4 Å². The number of esters is 1. The predicted molar refractivity (Wildman–Crippen MR) is 108 cm³/mol. The number of hydrogen-bond acceptors (Lipinski definition) is 6. The number of hydrogen-bond donors (Lipinski definition) is 1. The van der Waals surface area contributed by atoms with E-state index in [2.05, 4.69) is 10.3 Å². The van der Waals surface area contributed by atoms with E-state index >= 15 is 0 Å². The van der Waals surface area contributed by atoms with Crippen LogP contribution in [0.1, 0.15) is 40.7 Å². The molecule has 3 aromatic rings. The Hall–Kier alpha value is -3.07. The molecule has 7 nitrogen and oxygen atoms in total. The van der Waals surface area contributed by atoms with Gasteiger partial charge in [-0.25, -0.2) is 14.2 Å². The van der Waals surface area contributed by atoms with Crippen LogP contribution < -0.4 is 10.9 Å². The van der Waals surface area contributed by atoms with Gasteiger partial charge in [0.1, 0.15) is 22.1 Å². The largest absolute Gasteiger partial charge is 0.462 e. The number of nitrogens with one attached hydrogen (secondary N) is 1. The summed E-state index contributed by atoms with van der Waals surface area (Å²) >= 11 is 1.09. The fourth-order valence-electron chi connectivity index (χ4n) is 2.94. The van der Waals surface area contributed by atoms with Gasteiger partial charge in [0.05, 0.1) is 24.4 Å². The van der Waals surface area contributed by atoms with Crippen molar-refractivity contribution in [3.8, 4) is 0 Å². The predicted octanol–water partition coefficient (Wildman–Crippen LogP) is 2.96. The van der Waals surface area contributed by atoms with Crippen LogP contribution in [0.5, 0.6) is 0 Å². The molecule has 3 rings (SSSR count). The summed E-state index contributed by atoms with van der Waals surface area (Å²) in [6, 6.07) is 5.47. The molecule has 152 valence electrons. The fraction of sp³-hybridized carbons (Fsp3) is 0.300. The average molecular weight is 417 g/mol.